The number of anilines is 3. The van der Waals surface area contributed by atoms with Crippen LogP contribution >= 0.6 is 0 Å². The Hall–Kier alpha value is -5.02. The van der Waals surface area contributed by atoms with Crippen molar-refractivity contribution in [3.63, 3.8) is 0 Å². The van der Waals surface area contributed by atoms with E-state index in [4.69, 9.17) is 9.97 Å². The molecule has 0 atom stereocenters. The summed E-state index contributed by atoms with van der Waals surface area (Å²) in [5.41, 5.74) is 6.51. The minimum atomic E-state index is 0.0463. The van der Waals surface area contributed by atoms with Gasteiger partial charge in [0, 0.05) is 16.2 Å². The number of aromatic nitrogens is 2. The van der Waals surface area contributed by atoms with Gasteiger partial charge in [0.25, 0.3) is 0 Å². The van der Waals surface area contributed by atoms with Crippen LogP contribution in [0.15, 0.2) is 122 Å². The van der Waals surface area contributed by atoms with Gasteiger partial charge in [-0.25, -0.2) is 0 Å². The molecule has 0 radical (unpaired) electrons. The Bertz CT molecular complexity index is 2180. The molecule has 41 heavy (non-hydrogen) atoms. The molecule has 3 nitrogen and oxygen atoms in total. The van der Waals surface area contributed by atoms with Crippen molar-refractivity contribution < 1.29 is 0 Å². The van der Waals surface area contributed by atoms with Crippen molar-refractivity contribution in [1.82, 2.24) is 9.97 Å². The van der Waals surface area contributed by atoms with Crippen molar-refractivity contribution in [1.29, 1.82) is 0 Å². The highest BCUT2D eigenvalue weighted by Crippen LogP contribution is 2.45. The van der Waals surface area contributed by atoms with E-state index in [1.807, 2.05) is 24.5 Å². The van der Waals surface area contributed by atoms with Crippen molar-refractivity contribution in [2.75, 3.05) is 4.90 Å². The van der Waals surface area contributed by atoms with Crippen LogP contribution in [0.4, 0.5) is 17.1 Å². The number of hydrogen-bond acceptors (Lipinski definition) is 3. The zero-order valence-electron chi connectivity index (χ0n) is 23.4. The van der Waals surface area contributed by atoms with Gasteiger partial charge in [-0.05, 0) is 68.2 Å². The molecule has 0 spiro atoms. The fraction of sp³-hybridized carbons (Fsp3) is 0.105. The van der Waals surface area contributed by atoms with Gasteiger partial charge in [0.05, 0.1) is 40.5 Å². The molecule has 0 aliphatic rings. The molecule has 0 saturated heterocycles. The molecule has 0 amide bonds. The monoisotopic (exact) mass is 527 g/mol. The van der Waals surface area contributed by atoms with Crippen molar-refractivity contribution in [2.24, 2.45) is 0 Å². The molecule has 2 heterocycles. The van der Waals surface area contributed by atoms with E-state index in [0.29, 0.717) is 0 Å². The topological polar surface area (TPSA) is 29.0 Å². The maximum absolute atomic E-state index is 4.85. The Labute approximate surface area is 239 Å². The first-order chi connectivity index (χ1) is 20.0. The fourth-order valence-corrected chi connectivity index (χ4v) is 6.43. The van der Waals surface area contributed by atoms with Crippen LogP contribution in [-0.4, -0.2) is 9.97 Å². The van der Waals surface area contributed by atoms with Crippen molar-refractivity contribution >= 4 is 71.2 Å². The minimum absolute atomic E-state index is 0.0463. The molecule has 196 valence electrons. The lowest BCUT2D eigenvalue weighted by Crippen LogP contribution is -2.12. The Morgan fingerprint density at radius 3 is 1.63 bits per heavy atom. The molecule has 0 aliphatic heterocycles. The van der Waals surface area contributed by atoms with E-state index in [0.717, 1.165) is 38.9 Å². The molecule has 2 aromatic heterocycles. The summed E-state index contributed by atoms with van der Waals surface area (Å²) in [5.74, 6) is 0. The highest BCUT2D eigenvalue weighted by Gasteiger charge is 2.22. The zero-order valence-corrected chi connectivity index (χ0v) is 23.4. The highest BCUT2D eigenvalue weighted by atomic mass is 15.2. The Morgan fingerprint density at radius 1 is 0.512 bits per heavy atom. The largest absolute Gasteiger partial charge is 0.307 e. The third kappa shape index (κ3) is 3.73. The SMILES string of the molecule is CC(C)(C)c1ccc2ccc3c(N(c4cnc5ccccc5c4)c4cnc5ccccc5c4)ccc4ccc1c2c43. The van der Waals surface area contributed by atoms with E-state index in [2.05, 4.69) is 123 Å². The number of rotatable bonds is 3. The number of benzene rings is 6. The summed E-state index contributed by atoms with van der Waals surface area (Å²) in [4.78, 5) is 12.0. The van der Waals surface area contributed by atoms with Gasteiger partial charge in [-0.2, -0.15) is 0 Å². The number of hydrogen-bond donors (Lipinski definition) is 0. The smallest absolute Gasteiger partial charge is 0.0703 e. The number of para-hydroxylation sites is 2. The van der Waals surface area contributed by atoms with Gasteiger partial charge in [-0.15, -0.1) is 0 Å². The van der Waals surface area contributed by atoms with Gasteiger partial charge < -0.3 is 4.90 Å². The van der Waals surface area contributed by atoms with Crippen molar-refractivity contribution in [3.8, 4) is 0 Å². The molecule has 0 unspecified atom stereocenters. The van der Waals surface area contributed by atoms with E-state index in [-0.39, 0.29) is 5.41 Å². The second-order valence-electron chi connectivity index (χ2n) is 12.0. The number of fused-ring (bicyclic) bond motifs is 2. The van der Waals surface area contributed by atoms with Crippen LogP contribution in [0.2, 0.25) is 0 Å². The van der Waals surface area contributed by atoms with E-state index in [9.17, 15) is 0 Å². The summed E-state index contributed by atoms with van der Waals surface area (Å²) < 4.78 is 0. The van der Waals surface area contributed by atoms with Crippen LogP contribution < -0.4 is 4.90 Å². The van der Waals surface area contributed by atoms with Crippen molar-refractivity contribution in [2.45, 2.75) is 26.2 Å². The second-order valence-corrected chi connectivity index (χ2v) is 12.0. The third-order valence-corrected chi connectivity index (χ3v) is 8.36. The molecule has 6 aromatic carbocycles. The average Bonchev–Trinajstić information content (AvgIpc) is 2.99. The molecule has 0 N–H and O–H groups in total. The summed E-state index contributed by atoms with van der Waals surface area (Å²) in [7, 11) is 0. The minimum Gasteiger partial charge on any atom is -0.307 e. The molecule has 8 aromatic rings. The normalized spacial score (nSPS) is 12.3. The first-order valence-corrected chi connectivity index (χ1v) is 14.2. The molecule has 0 fully saturated rings. The Balaban J connectivity index is 1.46. The Morgan fingerprint density at radius 2 is 1.02 bits per heavy atom. The number of nitrogens with zero attached hydrogens (tertiary/aromatic N) is 3. The van der Waals surface area contributed by atoms with E-state index in [1.54, 1.807) is 0 Å². The van der Waals surface area contributed by atoms with E-state index in [1.165, 1.54) is 37.9 Å². The molecule has 0 saturated carbocycles. The summed E-state index contributed by atoms with van der Waals surface area (Å²) in [5, 5.41) is 9.92. The average molecular weight is 528 g/mol. The van der Waals surface area contributed by atoms with Gasteiger partial charge in [-0.3, -0.25) is 9.97 Å². The lowest BCUT2D eigenvalue weighted by atomic mass is 9.81. The van der Waals surface area contributed by atoms with Crippen LogP contribution in [0.25, 0.3) is 54.1 Å². The highest BCUT2D eigenvalue weighted by molar-refractivity contribution is 6.26. The lowest BCUT2D eigenvalue weighted by molar-refractivity contribution is 0.596. The summed E-state index contributed by atoms with van der Waals surface area (Å²) >= 11 is 0. The fourth-order valence-electron chi connectivity index (χ4n) is 6.43. The maximum Gasteiger partial charge on any atom is 0.0703 e. The van der Waals surface area contributed by atoms with Gasteiger partial charge in [0.15, 0.2) is 0 Å². The summed E-state index contributed by atoms with van der Waals surface area (Å²) in [6.07, 6.45) is 3.96. The molecule has 8 rings (SSSR count). The number of pyridine rings is 2. The predicted molar refractivity (Wildman–Crippen MR) is 174 cm³/mol. The van der Waals surface area contributed by atoms with Gasteiger partial charge in [0.2, 0.25) is 0 Å². The predicted octanol–water partition coefficient (Wildman–Crippen LogP) is 10.4. The molecule has 0 aliphatic carbocycles. The summed E-state index contributed by atoms with van der Waals surface area (Å²) in [6, 6.07) is 39.3. The summed E-state index contributed by atoms with van der Waals surface area (Å²) in [6.45, 7) is 6.89. The molecule has 3 heteroatoms. The third-order valence-electron chi connectivity index (χ3n) is 8.36. The van der Waals surface area contributed by atoms with Crippen LogP contribution in [0.5, 0.6) is 0 Å². The van der Waals surface area contributed by atoms with Crippen molar-refractivity contribution in [3.05, 3.63) is 127 Å². The lowest BCUT2D eigenvalue weighted by Gasteiger charge is -2.28. The molecular weight excluding hydrogens is 498 g/mol. The van der Waals surface area contributed by atoms with Gasteiger partial charge in [0.1, 0.15) is 0 Å². The van der Waals surface area contributed by atoms with Crippen LogP contribution in [0.1, 0.15) is 26.3 Å². The van der Waals surface area contributed by atoms with Crippen LogP contribution in [-0.2, 0) is 5.41 Å². The molecular formula is C38H29N3. The van der Waals surface area contributed by atoms with Gasteiger partial charge >= 0.3 is 0 Å². The molecule has 0 bridgehead atoms. The first kappa shape index (κ1) is 23.8. The van der Waals surface area contributed by atoms with E-state index >= 15 is 0 Å². The standard InChI is InChI=1S/C38H29N3/c1-38(2,3)32-18-14-24-13-17-31-35(19-15-25-12-16-30(32)36(24)37(25)31)41(28-20-26-8-4-6-10-33(26)39-22-28)29-21-27-9-5-7-11-34(27)40-23-29/h4-23H,1-3H3. The van der Waals surface area contributed by atoms with E-state index < -0.39 is 0 Å². The van der Waals surface area contributed by atoms with Crippen LogP contribution in [0, 0.1) is 0 Å². The first-order valence-electron chi connectivity index (χ1n) is 14.2. The van der Waals surface area contributed by atoms with Crippen LogP contribution in [0.3, 0.4) is 0 Å². The zero-order chi connectivity index (χ0) is 27.7. The quantitative estimate of drug-likeness (QED) is 0.214. The maximum atomic E-state index is 4.85. The second kappa shape index (κ2) is 8.74. The van der Waals surface area contributed by atoms with Gasteiger partial charge in [-0.1, -0.05) is 99.6 Å². The Kier molecular flexibility index (Phi) is 5.08.